The van der Waals surface area contributed by atoms with Gasteiger partial charge in [0.05, 0.1) is 28.9 Å². The molecule has 40 heavy (non-hydrogen) atoms. The Morgan fingerprint density at radius 2 is 1.23 bits per heavy atom. The van der Waals surface area contributed by atoms with E-state index >= 15 is 0 Å². The molecular weight excluding hydrogens is 560 g/mol. The molecule has 0 aliphatic heterocycles. The van der Waals surface area contributed by atoms with Crippen molar-refractivity contribution in [2.24, 2.45) is 32.6 Å². The minimum absolute atomic E-state index is 0. The van der Waals surface area contributed by atoms with E-state index in [9.17, 15) is 19.2 Å². The molecular formula is C24H33ClN10O4S. The van der Waals surface area contributed by atoms with E-state index in [0.29, 0.717) is 22.8 Å². The van der Waals surface area contributed by atoms with Gasteiger partial charge in [-0.25, -0.2) is 0 Å². The highest BCUT2D eigenvalue weighted by Crippen LogP contribution is 2.19. The highest BCUT2D eigenvalue weighted by atomic mass is 35.5. The molecule has 0 aliphatic carbocycles. The monoisotopic (exact) mass is 592 g/mol. The number of nitrogens with one attached hydrogen (secondary N) is 5. The fourth-order valence-corrected chi connectivity index (χ4v) is 3.85. The zero-order valence-electron chi connectivity index (χ0n) is 22.1. The SMILES string of the molecule is Cl.Cn1cc(NC(=O)c2cc(NC(=O)c3cc(NC(=O)[C@@H](N)CS)cn3C)cn2C)cc1C(=O)NCCC(=N)N. The van der Waals surface area contributed by atoms with E-state index in [1.165, 1.54) is 18.2 Å². The van der Waals surface area contributed by atoms with Crippen molar-refractivity contribution in [3.05, 3.63) is 53.9 Å². The molecule has 0 fully saturated rings. The quantitative estimate of drug-likeness (QED) is 0.0920. The highest BCUT2D eigenvalue weighted by Gasteiger charge is 2.19. The number of carbonyl (C=O) groups is 4. The minimum atomic E-state index is -0.780. The van der Waals surface area contributed by atoms with E-state index in [0.717, 1.165) is 0 Å². The number of aromatic nitrogens is 3. The second kappa shape index (κ2) is 13.7. The Balaban J connectivity index is 0.00000560. The molecule has 0 radical (unpaired) electrons. The molecule has 3 aromatic rings. The van der Waals surface area contributed by atoms with Crippen LogP contribution in [-0.4, -0.2) is 61.5 Å². The van der Waals surface area contributed by atoms with Crippen LogP contribution in [0.25, 0.3) is 0 Å². The molecule has 4 amide bonds. The molecule has 0 spiro atoms. The highest BCUT2D eigenvalue weighted by molar-refractivity contribution is 7.80. The normalized spacial score (nSPS) is 11.2. The van der Waals surface area contributed by atoms with E-state index < -0.39 is 23.8 Å². The van der Waals surface area contributed by atoms with Crippen LogP contribution in [0.3, 0.4) is 0 Å². The maximum Gasteiger partial charge on any atom is 0.272 e. The van der Waals surface area contributed by atoms with Crippen molar-refractivity contribution in [3.63, 3.8) is 0 Å². The van der Waals surface area contributed by atoms with Gasteiger partial charge < -0.3 is 46.4 Å². The van der Waals surface area contributed by atoms with Gasteiger partial charge in [-0.05, 0) is 18.2 Å². The van der Waals surface area contributed by atoms with Gasteiger partial charge in [-0.2, -0.15) is 12.6 Å². The van der Waals surface area contributed by atoms with Crippen LogP contribution in [0.4, 0.5) is 17.1 Å². The summed E-state index contributed by atoms with van der Waals surface area (Å²) in [5.41, 5.74) is 13.0. The van der Waals surface area contributed by atoms with Gasteiger partial charge in [0.1, 0.15) is 17.1 Å². The molecule has 9 N–H and O–H groups in total. The van der Waals surface area contributed by atoms with Crippen LogP contribution in [0, 0.1) is 5.41 Å². The summed E-state index contributed by atoms with van der Waals surface area (Å²) in [6.07, 6.45) is 5.00. The largest absolute Gasteiger partial charge is 0.388 e. The number of thiol groups is 1. The number of amides is 4. The molecule has 14 nitrogen and oxygen atoms in total. The third-order valence-corrected chi connectivity index (χ3v) is 6.10. The van der Waals surface area contributed by atoms with Gasteiger partial charge in [0.25, 0.3) is 17.7 Å². The molecule has 3 heterocycles. The summed E-state index contributed by atoms with van der Waals surface area (Å²) in [4.78, 5) is 50.2. The number of nitrogens with zero attached hydrogens (tertiary/aromatic N) is 3. The van der Waals surface area contributed by atoms with Gasteiger partial charge in [-0.3, -0.25) is 24.6 Å². The summed E-state index contributed by atoms with van der Waals surface area (Å²) in [6.45, 7) is 0.224. The van der Waals surface area contributed by atoms with Crippen LogP contribution >= 0.6 is 25.0 Å². The van der Waals surface area contributed by atoms with Crippen LogP contribution in [0.15, 0.2) is 36.8 Å². The summed E-state index contributed by atoms with van der Waals surface area (Å²) in [7, 11) is 4.98. The topological polar surface area (TPSA) is 207 Å². The Labute approximate surface area is 242 Å². The van der Waals surface area contributed by atoms with Crippen molar-refractivity contribution in [1.82, 2.24) is 19.0 Å². The number of anilines is 3. The zero-order chi connectivity index (χ0) is 28.9. The molecule has 0 aliphatic rings. The molecule has 0 saturated heterocycles. The zero-order valence-corrected chi connectivity index (χ0v) is 23.9. The van der Waals surface area contributed by atoms with E-state index in [1.807, 2.05) is 0 Å². The molecule has 3 aromatic heterocycles. The first-order chi connectivity index (χ1) is 18.4. The lowest BCUT2D eigenvalue weighted by Crippen LogP contribution is -2.36. The Kier molecular flexibility index (Phi) is 11.0. The third-order valence-electron chi connectivity index (χ3n) is 5.71. The Hall–Kier alpha value is -4.21. The fourth-order valence-electron chi connectivity index (χ4n) is 3.69. The average molecular weight is 593 g/mol. The molecule has 0 unspecified atom stereocenters. The summed E-state index contributed by atoms with van der Waals surface area (Å²) in [5, 5.41) is 18.0. The maximum atomic E-state index is 12.9. The first kappa shape index (κ1) is 32.0. The minimum Gasteiger partial charge on any atom is -0.388 e. The second-order valence-electron chi connectivity index (χ2n) is 8.89. The number of amidine groups is 1. The molecule has 0 bridgehead atoms. The van der Waals surface area contributed by atoms with Crippen molar-refractivity contribution in [2.45, 2.75) is 12.5 Å². The van der Waals surface area contributed by atoms with Gasteiger partial charge >= 0.3 is 0 Å². The number of halogens is 1. The lowest BCUT2D eigenvalue weighted by molar-refractivity contribution is -0.116. The predicted octanol–water partition coefficient (Wildman–Crippen LogP) is 0.880. The van der Waals surface area contributed by atoms with Gasteiger partial charge in [0.2, 0.25) is 5.91 Å². The van der Waals surface area contributed by atoms with Crippen molar-refractivity contribution in [1.29, 1.82) is 5.41 Å². The van der Waals surface area contributed by atoms with Crippen molar-refractivity contribution in [3.8, 4) is 0 Å². The number of carbonyl (C=O) groups excluding carboxylic acids is 4. The molecule has 3 rings (SSSR count). The molecule has 16 heteroatoms. The summed E-state index contributed by atoms with van der Waals surface area (Å²) in [5.74, 6) is -1.52. The Morgan fingerprint density at radius 1 is 0.825 bits per heavy atom. The number of hydrogen-bond acceptors (Lipinski definition) is 7. The number of aryl methyl sites for hydroxylation is 3. The lowest BCUT2D eigenvalue weighted by Gasteiger charge is -2.07. The van der Waals surface area contributed by atoms with Crippen molar-refractivity contribution < 1.29 is 19.2 Å². The van der Waals surface area contributed by atoms with Crippen LogP contribution < -0.4 is 32.7 Å². The van der Waals surface area contributed by atoms with Crippen molar-refractivity contribution in [2.75, 3.05) is 28.2 Å². The number of nitrogens with two attached hydrogens (primary N) is 2. The van der Waals surface area contributed by atoms with E-state index in [1.54, 1.807) is 53.4 Å². The van der Waals surface area contributed by atoms with Crippen LogP contribution in [0.2, 0.25) is 0 Å². The van der Waals surface area contributed by atoms with E-state index in [4.69, 9.17) is 16.9 Å². The number of hydrogen-bond donors (Lipinski definition) is 8. The Morgan fingerprint density at radius 3 is 1.62 bits per heavy atom. The summed E-state index contributed by atoms with van der Waals surface area (Å²) >= 11 is 4.01. The smallest absolute Gasteiger partial charge is 0.272 e. The van der Waals surface area contributed by atoms with E-state index in [-0.39, 0.29) is 54.3 Å². The van der Waals surface area contributed by atoms with Crippen LogP contribution in [-0.2, 0) is 25.9 Å². The van der Waals surface area contributed by atoms with Gasteiger partial charge in [0.15, 0.2) is 0 Å². The summed E-state index contributed by atoms with van der Waals surface area (Å²) in [6, 6.07) is 3.78. The first-order valence-electron chi connectivity index (χ1n) is 11.8. The third kappa shape index (κ3) is 7.91. The van der Waals surface area contributed by atoms with Crippen molar-refractivity contribution >= 4 is 71.6 Å². The fraction of sp³-hybridized carbons (Fsp3) is 0.292. The molecule has 0 aromatic carbocycles. The van der Waals surface area contributed by atoms with E-state index in [2.05, 4.69) is 33.9 Å². The maximum absolute atomic E-state index is 12.9. The summed E-state index contributed by atoms with van der Waals surface area (Å²) < 4.78 is 4.67. The lowest BCUT2D eigenvalue weighted by atomic mass is 10.3. The molecule has 0 saturated carbocycles. The molecule has 216 valence electrons. The van der Waals surface area contributed by atoms with Gasteiger partial charge in [-0.15, -0.1) is 12.4 Å². The molecule has 1 atom stereocenters. The second-order valence-corrected chi connectivity index (χ2v) is 9.26. The van der Waals surface area contributed by atoms with Gasteiger partial charge in [0, 0.05) is 58.5 Å². The standard InChI is InChI=1S/C24H32N10O4S.ClH/c1-32-10-14(6-17(32)22(36)28-5-4-20(26)27)30-24(38)19-8-15(11-34(19)3)31-23(37)18-7-13(9-33(18)2)29-21(35)16(25)12-39;/h6-11,16,39H,4-5,12,25H2,1-3H3,(H3,26,27)(H,28,36)(H,29,35)(H,30,38)(H,31,37);1H/t16-;/m0./s1. The Bertz CT molecular complexity index is 1430. The predicted molar refractivity (Wildman–Crippen MR) is 159 cm³/mol. The number of rotatable bonds is 11. The van der Waals surface area contributed by atoms with Crippen LogP contribution in [0.1, 0.15) is 37.9 Å². The first-order valence-corrected chi connectivity index (χ1v) is 12.4. The average Bonchev–Trinajstić information content (AvgIpc) is 3.53. The van der Waals surface area contributed by atoms with Gasteiger partial charge in [-0.1, -0.05) is 0 Å². The van der Waals surface area contributed by atoms with Crippen LogP contribution in [0.5, 0.6) is 0 Å².